The second-order valence-corrected chi connectivity index (χ2v) is 6.02. The summed E-state index contributed by atoms with van der Waals surface area (Å²) in [6.45, 7) is 7.99. The van der Waals surface area contributed by atoms with Gasteiger partial charge in [-0.3, -0.25) is 4.79 Å². The number of hydrogen-bond donors (Lipinski definition) is 2. The van der Waals surface area contributed by atoms with Gasteiger partial charge < -0.3 is 10.4 Å². The first-order chi connectivity index (χ1) is 8.84. The maximum Gasteiger partial charge on any atom is 0.283 e. The average molecular weight is 332 g/mol. The molecule has 1 rings (SSSR count). The summed E-state index contributed by atoms with van der Waals surface area (Å²) in [7, 11) is 0. The van der Waals surface area contributed by atoms with E-state index < -0.39 is 0 Å². The third-order valence-corrected chi connectivity index (χ3v) is 4.08. The van der Waals surface area contributed by atoms with Gasteiger partial charge >= 0.3 is 0 Å². The Hall–Kier alpha value is -0.880. The van der Waals surface area contributed by atoms with Gasteiger partial charge in [-0.15, -0.1) is 0 Å². The van der Waals surface area contributed by atoms with Crippen LogP contribution in [0.5, 0.6) is 0 Å². The lowest BCUT2D eigenvalue weighted by molar-refractivity contribution is 0.252. The zero-order valence-corrected chi connectivity index (χ0v) is 13.5. The van der Waals surface area contributed by atoms with Crippen LogP contribution in [0.25, 0.3) is 0 Å². The molecule has 1 aromatic heterocycles. The second kappa shape index (κ2) is 6.52. The fourth-order valence-electron chi connectivity index (χ4n) is 1.80. The minimum atomic E-state index is -0.255. The summed E-state index contributed by atoms with van der Waals surface area (Å²) in [5.74, 6) is 0. The van der Waals surface area contributed by atoms with Gasteiger partial charge in [0.15, 0.2) is 0 Å². The lowest BCUT2D eigenvalue weighted by Gasteiger charge is -2.30. The monoisotopic (exact) mass is 331 g/mol. The van der Waals surface area contributed by atoms with Crippen LogP contribution in [0, 0.1) is 0 Å². The fraction of sp³-hybridized carbons (Fsp3) is 0.692. The van der Waals surface area contributed by atoms with Crippen LogP contribution in [0.1, 0.15) is 46.6 Å². The Labute approximate surface area is 122 Å². The summed E-state index contributed by atoms with van der Waals surface area (Å²) in [6.07, 6.45) is 3.10. The number of nitrogens with one attached hydrogen (secondary N) is 1. The molecule has 0 saturated heterocycles. The molecule has 0 fully saturated rings. The predicted octanol–water partition coefficient (Wildman–Crippen LogP) is 2.55. The van der Waals surface area contributed by atoms with Crippen LogP contribution in [0.3, 0.4) is 0 Å². The van der Waals surface area contributed by atoms with Crippen LogP contribution in [0.2, 0.25) is 0 Å². The van der Waals surface area contributed by atoms with E-state index in [4.69, 9.17) is 5.11 Å². The molecular formula is C13H22BrN3O2. The minimum absolute atomic E-state index is 0.0212. The molecule has 0 aliphatic heterocycles. The molecule has 0 radical (unpaired) electrons. The molecule has 1 atom stereocenters. The summed E-state index contributed by atoms with van der Waals surface area (Å²) in [5, 5.41) is 16.6. The van der Waals surface area contributed by atoms with Crippen molar-refractivity contribution in [1.82, 2.24) is 9.78 Å². The maximum atomic E-state index is 12.1. The zero-order valence-electron chi connectivity index (χ0n) is 11.9. The van der Waals surface area contributed by atoms with Crippen LogP contribution in [0.15, 0.2) is 15.5 Å². The van der Waals surface area contributed by atoms with Crippen molar-refractivity contribution in [1.29, 1.82) is 0 Å². The summed E-state index contributed by atoms with van der Waals surface area (Å²) in [6, 6.07) is 0.0212. The molecule has 0 spiro atoms. The van der Waals surface area contributed by atoms with Gasteiger partial charge in [0.1, 0.15) is 4.47 Å². The first-order valence-electron chi connectivity index (χ1n) is 6.51. The largest absolute Gasteiger partial charge is 0.396 e. The maximum absolute atomic E-state index is 12.1. The van der Waals surface area contributed by atoms with Crippen molar-refractivity contribution < 1.29 is 5.11 Å². The van der Waals surface area contributed by atoms with Crippen molar-refractivity contribution in [3.05, 3.63) is 21.0 Å². The van der Waals surface area contributed by atoms with Gasteiger partial charge in [-0.25, -0.2) is 4.68 Å². The Morgan fingerprint density at radius 2 is 2.21 bits per heavy atom. The van der Waals surface area contributed by atoms with E-state index in [1.165, 1.54) is 4.68 Å². The van der Waals surface area contributed by atoms with Crippen LogP contribution < -0.4 is 10.9 Å². The highest BCUT2D eigenvalue weighted by Gasteiger charge is 2.23. The Bertz CT molecular complexity index is 487. The highest BCUT2D eigenvalue weighted by atomic mass is 79.9. The molecule has 0 bridgehead atoms. The molecule has 0 amide bonds. The number of nitrogens with zero attached hydrogens (tertiary/aromatic N) is 2. The summed E-state index contributed by atoms with van der Waals surface area (Å²) < 4.78 is 1.92. The van der Waals surface area contributed by atoms with Crippen molar-refractivity contribution in [2.24, 2.45) is 0 Å². The molecule has 19 heavy (non-hydrogen) atoms. The molecule has 0 aromatic carbocycles. The van der Waals surface area contributed by atoms with Crippen LogP contribution in [-0.2, 0) is 0 Å². The van der Waals surface area contributed by atoms with Crippen molar-refractivity contribution in [2.45, 2.75) is 52.1 Å². The quantitative estimate of drug-likeness (QED) is 0.840. The third kappa shape index (κ3) is 3.79. The van der Waals surface area contributed by atoms with Crippen molar-refractivity contribution >= 4 is 21.6 Å². The molecule has 108 valence electrons. The van der Waals surface area contributed by atoms with E-state index in [-0.39, 0.29) is 23.7 Å². The van der Waals surface area contributed by atoms with Crippen LogP contribution >= 0.6 is 15.9 Å². The molecule has 0 aliphatic carbocycles. The van der Waals surface area contributed by atoms with Gasteiger partial charge in [-0.2, -0.15) is 5.10 Å². The standard InChI is InChI=1S/C13H22BrN3O2/c1-5-13(4,6-7-18)16-10-8-15-17(9(2)3)12(19)11(10)14/h8-9,16,18H,5-7H2,1-4H3. The molecular weight excluding hydrogens is 310 g/mol. The molecule has 5 nitrogen and oxygen atoms in total. The lowest BCUT2D eigenvalue weighted by Crippen LogP contribution is -2.36. The first-order valence-corrected chi connectivity index (χ1v) is 7.30. The molecule has 2 N–H and O–H groups in total. The van der Waals surface area contributed by atoms with E-state index in [1.807, 2.05) is 27.7 Å². The first kappa shape index (κ1) is 16.2. The van der Waals surface area contributed by atoms with E-state index in [2.05, 4.69) is 26.3 Å². The van der Waals surface area contributed by atoms with E-state index >= 15 is 0 Å². The average Bonchev–Trinajstić information content (AvgIpc) is 2.35. The van der Waals surface area contributed by atoms with Crippen molar-refractivity contribution in [3.63, 3.8) is 0 Å². The van der Waals surface area contributed by atoms with Gasteiger partial charge in [0, 0.05) is 12.1 Å². The normalized spacial score (nSPS) is 14.5. The van der Waals surface area contributed by atoms with E-state index in [1.54, 1.807) is 6.20 Å². The number of anilines is 1. The van der Waals surface area contributed by atoms with Crippen molar-refractivity contribution in [3.8, 4) is 0 Å². The van der Waals surface area contributed by atoms with E-state index in [0.717, 1.165) is 6.42 Å². The van der Waals surface area contributed by atoms with E-state index in [0.29, 0.717) is 16.6 Å². The molecule has 1 unspecified atom stereocenters. The number of aromatic nitrogens is 2. The minimum Gasteiger partial charge on any atom is -0.396 e. The molecule has 0 aliphatic rings. The lowest BCUT2D eigenvalue weighted by atomic mass is 9.95. The van der Waals surface area contributed by atoms with Crippen molar-refractivity contribution in [2.75, 3.05) is 11.9 Å². The van der Waals surface area contributed by atoms with Crippen LogP contribution in [-0.4, -0.2) is 27.0 Å². The van der Waals surface area contributed by atoms with Gasteiger partial charge in [0.05, 0.1) is 17.9 Å². The summed E-state index contributed by atoms with van der Waals surface area (Å²) in [4.78, 5) is 12.1. The summed E-state index contributed by atoms with van der Waals surface area (Å²) >= 11 is 3.33. The van der Waals surface area contributed by atoms with Crippen LogP contribution in [0.4, 0.5) is 5.69 Å². The Morgan fingerprint density at radius 1 is 1.58 bits per heavy atom. The molecule has 0 saturated carbocycles. The number of aliphatic hydroxyl groups is 1. The smallest absolute Gasteiger partial charge is 0.283 e. The number of aliphatic hydroxyl groups excluding tert-OH is 1. The van der Waals surface area contributed by atoms with Gasteiger partial charge in [-0.05, 0) is 49.5 Å². The molecule has 1 aromatic rings. The molecule has 1 heterocycles. The topological polar surface area (TPSA) is 67.2 Å². The highest BCUT2D eigenvalue weighted by molar-refractivity contribution is 9.10. The second-order valence-electron chi connectivity index (χ2n) is 5.23. The number of rotatable bonds is 6. The number of hydrogen-bond acceptors (Lipinski definition) is 4. The Morgan fingerprint density at radius 3 is 2.68 bits per heavy atom. The Balaban J connectivity index is 3.10. The van der Waals surface area contributed by atoms with Gasteiger partial charge in [0.2, 0.25) is 0 Å². The summed E-state index contributed by atoms with van der Waals surface area (Å²) in [5.41, 5.74) is 0.261. The van der Waals surface area contributed by atoms with Gasteiger partial charge in [-0.1, -0.05) is 6.92 Å². The predicted molar refractivity (Wildman–Crippen MR) is 80.6 cm³/mol. The molecule has 6 heteroatoms. The van der Waals surface area contributed by atoms with Gasteiger partial charge in [0.25, 0.3) is 5.56 Å². The fourth-order valence-corrected chi connectivity index (χ4v) is 2.18. The Kier molecular flexibility index (Phi) is 5.55. The number of halogens is 1. The highest BCUT2D eigenvalue weighted by Crippen LogP contribution is 2.25. The SMILES string of the molecule is CCC(C)(CCO)Nc1cnn(C(C)C)c(=O)c1Br. The van der Waals surface area contributed by atoms with E-state index in [9.17, 15) is 4.79 Å². The third-order valence-electron chi connectivity index (χ3n) is 3.31. The zero-order chi connectivity index (χ0) is 14.6.